The van der Waals surface area contributed by atoms with Gasteiger partial charge in [-0.1, -0.05) is 35.4 Å². The fraction of sp³-hybridized carbons (Fsp3) is 0.800. The van der Waals surface area contributed by atoms with Gasteiger partial charge in [-0.25, -0.2) is 0 Å². The van der Waals surface area contributed by atoms with Crippen LogP contribution in [0.5, 0.6) is 0 Å². The molecule has 0 radical (unpaired) electrons. The number of carboxylic acid groups (broad SMARTS) is 1. The number of carbonyl (C=O) groups is 2. The van der Waals surface area contributed by atoms with Gasteiger partial charge in [0.15, 0.2) is 0 Å². The third-order valence-electron chi connectivity index (χ3n) is 2.01. The lowest BCUT2D eigenvalue weighted by atomic mass is 10.2. The van der Waals surface area contributed by atoms with Gasteiger partial charge in [-0.2, -0.15) is 0 Å². The van der Waals surface area contributed by atoms with Crippen molar-refractivity contribution in [2.75, 3.05) is 5.75 Å². The average molecular weight is 250 g/mol. The maximum absolute atomic E-state index is 10.5. The molecule has 0 saturated carbocycles. The van der Waals surface area contributed by atoms with Gasteiger partial charge in [0.1, 0.15) is 6.29 Å². The molecule has 2 unspecified atom stereocenters. The highest BCUT2D eigenvalue weighted by atomic mass is 33.1. The molecule has 2 atom stereocenters. The van der Waals surface area contributed by atoms with Gasteiger partial charge in [0.25, 0.3) is 0 Å². The van der Waals surface area contributed by atoms with E-state index >= 15 is 0 Å². The summed E-state index contributed by atoms with van der Waals surface area (Å²) in [4.78, 5) is 20.8. The van der Waals surface area contributed by atoms with Crippen molar-refractivity contribution in [2.45, 2.75) is 38.4 Å². The van der Waals surface area contributed by atoms with Gasteiger partial charge in [-0.05, 0) is 12.8 Å². The van der Waals surface area contributed by atoms with Gasteiger partial charge in [-0.3, -0.25) is 4.79 Å². The molecule has 1 N–H and O–H groups in total. The summed E-state index contributed by atoms with van der Waals surface area (Å²) in [6.07, 6.45) is 3.44. The van der Waals surface area contributed by atoms with Gasteiger partial charge < -0.3 is 9.90 Å². The first-order chi connectivity index (χ1) is 7.11. The zero-order valence-corrected chi connectivity index (χ0v) is 10.8. The Bertz CT molecular complexity index is 197. The van der Waals surface area contributed by atoms with Crippen molar-refractivity contribution >= 4 is 33.8 Å². The fourth-order valence-electron chi connectivity index (χ4n) is 0.883. The van der Waals surface area contributed by atoms with Crippen LogP contribution in [0.15, 0.2) is 0 Å². The monoisotopic (exact) mass is 250 g/mol. The van der Waals surface area contributed by atoms with Crippen molar-refractivity contribution in [1.82, 2.24) is 0 Å². The van der Waals surface area contributed by atoms with Crippen LogP contribution in [0.2, 0.25) is 0 Å². The van der Waals surface area contributed by atoms with Gasteiger partial charge in [0.05, 0.1) is 5.92 Å². The predicted octanol–water partition coefficient (Wildman–Crippen LogP) is 2.85. The van der Waals surface area contributed by atoms with Gasteiger partial charge in [0, 0.05) is 17.4 Å². The summed E-state index contributed by atoms with van der Waals surface area (Å²) < 4.78 is 0. The molecule has 0 saturated heterocycles. The molecule has 0 aromatic rings. The second-order valence-electron chi connectivity index (χ2n) is 3.39. The van der Waals surface area contributed by atoms with Gasteiger partial charge in [-0.15, -0.1) is 0 Å². The van der Waals surface area contributed by atoms with E-state index in [1.54, 1.807) is 28.5 Å². The standard InChI is InChI=1S/C10H18O3S2/c1-3-9(5-4-6-11)15-14-7-8(2)10(12)13/h6,8-9H,3-5,7H2,1-2H3,(H,12,13). The fourth-order valence-corrected chi connectivity index (χ4v) is 3.99. The Balaban J connectivity index is 3.62. The van der Waals surface area contributed by atoms with Crippen LogP contribution in [0, 0.1) is 5.92 Å². The molecular formula is C10H18O3S2. The summed E-state index contributed by atoms with van der Waals surface area (Å²) in [7, 11) is 3.29. The third-order valence-corrected chi connectivity index (χ3v) is 5.25. The molecule has 0 aliphatic rings. The van der Waals surface area contributed by atoms with Crippen LogP contribution >= 0.6 is 21.6 Å². The van der Waals surface area contributed by atoms with Gasteiger partial charge >= 0.3 is 5.97 Å². The van der Waals surface area contributed by atoms with Crippen LogP contribution in [0.3, 0.4) is 0 Å². The van der Waals surface area contributed by atoms with E-state index in [4.69, 9.17) is 5.11 Å². The summed E-state index contributed by atoms with van der Waals surface area (Å²) in [5.41, 5.74) is 0. The molecule has 0 aliphatic heterocycles. The van der Waals surface area contributed by atoms with E-state index in [0.29, 0.717) is 17.4 Å². The third kappa shape index (κ3) is 7.73. The highest BCUT2D eigenvalue weighted by Crippen LogP contribution is 2.32. The SMILES string of the molecule is CCC(CCC=O)SSCC(C)C(=O)O. The minimum Gasteiger partial charge on any atom is -0.481 e. The van der Waals surface area contributed by atoms with E-state index < -0.39 is 5.97 Å². The van der Waals surface area contributed by atoms with E-state index in [1.165, 1.54) is 0 Å². The smallest absolute Gasteiger partial charge is 0.307 e. The molecule has 0 rings (SSSR count). The largest absolute Gasteiger partial charge is 0.481 e. The second-order valence-corrected chi connectivity index (χ2v) is 6.11. The van der Waals surface area contributed by atoms with E-state index in [2.05, 4.69) is 6.92 Å². The first kappa shape index (κ1) is 14.8. The Morgan fingerprint density at radius 3 is 2.67 bits per heavy atom. The number of aliphatic carboxylic acids is 1. The molecule has 0 aromatic carbocycles. The molecule has 0 aromatic heterocycles. The number of carbonyl (C=O) groups excluding carboxylic acids is 1. The number of rotatable bonds is 9. The number of hydrogen-bond donors (Lipinski definition) is 1. The minimum atomic E-state index is -0.746. The average Bonchev–Trinajstić information content (AvgIpc) is 2.22. The lowest BCUT2D eigenvalue weighted by Crippen LogP contribution is -2.11. The summed E-state index contributed by atoms with van der Waals surface area (Å²) in [5.74, 6) is -0.424. The highest BCUT2D eigenvalue weighted by Gasteiger charge is 2.13. The first-order valence-corrected chi connectivity index (χ1v) is 7.44. The number of aldehydes is 1. The molecule has 0 amide bonds. The summed E-state index contributed by atoms with van der Waals surface area (Å²) in [5, 5.41) is 9.14. The molecule has 0 aliphatic carbocycles. The predicted molar refractivity (Wildman–Crippen MR) is 66.2 cm³/mol. The topological polar surface area (TPSA) is 54.4 Å². The molecule has 0 heterocycles. The molecule has 3 nitrogen and oxygen atoms in total. The summed E-state index contributed by atoms with van der Waals surface area (Å²) in [6, 6.07) is 0. The highest BCUT2D eigenvalue weighted by molar-refractivity contribution is 8.76. The second kappa shape index (κ2) is 9.09. The Hall–Kier alpha value is -0.160. The van der Waals surface area contributed by atoms with Crippen LogP contribution in [0.1, 0.15) is 33.1 Å². The molecule has 0 fully saturated rings. The maximum Gasteiger partial charge on any atom is 0.307 e. The lowest BCUT2D eigenvalue weighted by molar-refractivity contribution is -0.140. The molecule has 5 heteroatoms. The van der Waals surface area contributed by atoms with E-state index in [9.17, 15) is 9.59 Å². The Morgan fingerprint density at radius 1 is 1.53 bits per heavy atom. The van der Waals surface area contributed by atoms with Crippen molar-refractivity contribution in [3.8, 4) is 0 Å². The molecular weight excluding hydrogens is 232 g/mol. The van der Waals surface area contributed by atoms with Crippen LogP contribution in [-0.2, 0) is 9.59 Å². The quantitative estimate of drug-likeness (QED) is 0.504. The Labute approximate surface area is 98.8 Å². The number of hydrogen-bond acceptors (Lipinski definition) is 4. The van der Waals surface area contributed by atoms with E-state index in [1.807, 2.05) is 0 Å². The van der Waals surface area contributed by atoms with Crippen LogP contribution in [0.4, 0.5) is 0 Å². The van der Waals surface area contributed by atoms with Crippen LogP contribution in [0.25, 0.3) is 0 Å². The van der Waals surface area contributed by atoms with Gasteiger partial charge in [0.2, 0.25) is 0 Å². The Morgan fingerprint density at radius 2 is 2.20 bits per heavy atom. The van der Waals surface area contributed by atoms with Crippen molar-refractivity contribution in [3.05, 3.63) is 0 Å². The Kier molecular flexibility index (Phi) is 9.00. The number of carboxylic acids is 1. The zero-order chi connectivity index (χ0) is 11.7. The summed E-state index contributed by atoms with van der Waals surface area (Å²) in [6.45, 7) is 3.80. The van der Waals surface area contributed by atoms with Crippen molar-refractivity contribution < 1.29 is 14.7 Å². The van der Waals surface area contributed by atoms with E-state index in [-0.39, 0.29) is 5.92 Å². The van der Waals surface area contributed by atoms with E-state index in [0.717, 1.165) is 19.1 Å². The van der Waals surface area contributed by atoms with Crippen molar-refractivity contribution in [1.29, 1.82) is 0 Å². The zero-order valence-electron chi connectivity index (χ0n) is 9.14. The van der Waals surface area contributed by atoms with Crippen molar-refractivity contribution in [3.63, 3.8) is 0 Å². The normalized spacial score (nSPS) is 14.5. The van der Waals surface area contributed by atoms with Crippen molar-refractivity contribution in [2.24, 2.45) is 5.92 Å². The molecule has 88 valence electrons. The summed E-state index contributed by atoms with van der Waals surface area (Å²) >= 11 is 0. The first-order valence-electron chi connectivity index (χ1n) is 5.06. The van der Waals surface area contributed by atoms with Crippen LogP contribution < -0.4 is 0 Å². The minimum absolute atomic E-state index is 0.300. The molecule has 15 heavy (non-hydrogen) atoms. The maximum atomic E-state index is 10.5. The lowest BCUT2D eigenvalue weighted by Gasteiger charge is -2.12. The molecule has 0 bridgehead atoms. The van der Waals surface area contributed by atoms with Crippen LogP contribution in [-0.4, -0.2) is 28.4 Å². The molecule has 0 spiro atoms.